The highest BCUT2D eigenvalue weighted by Crippen LogP contribution is 2.31. The van der Waals surface area contributed by atoms with Gasteiger partial charge in [-0.2, -0.15) is 11.3 Å². The second kappa shape index (κ2) is 7.22. The number of nitrogens with zero attached hydrogens (tertiary/aromatic N) is 1. The van der Waals surface area contributed by atoms with E-state index in [9.17, 15) is 0 Å². The number of nitrogens with two attached hydrogens (primary N) is 1. The molecular weight excluding hydrogens is 336 g/mol. The molecule has 0 amide bonds. The zero-order valence-electron chi connectivity index (χ0n) is 11.7. The fourth-order valence-corrected chi connectivity index (χ4v) is 3.40. The lowest BCUT2D eigenvalue weighted by molar-refractivity contribution is 0.241. The van der Waals surface area contributed by atoms with Crippen molar-refractivity contribution in [3.8, 4) is 5.75 Å². The molecule has 2 N–H and O–H groups in total. The Morgan fingerprint density at radius 3 is 2.80 bits per heavy atom. The van der Waals surface area contributed by atoms with Crippen LogP contribution in [0.2, 0.25) is 0 Å². The van der Waals surface area contributed by atoms with Crippen LogP contribution in [-0.2, 0) is 6.54 Å². The Morgan fingerprint density at radius 2 is 2.20 bits per heavy atom. The molecule has 20 heavy (non-hydrogen) atoms. The molecule has 0 aliphatic carbocycles. The minimum atomic E-state index is 0.152. The SMILES string of the molecule is COc1ccc(Br)c(C(CN)N(C)Cc2ccsc2)c1. The van der Waals surface area contributed by atoms with E-state index in [4.69, 9.17) is 10.5 Å². The Hall–Kier alpha value is -0.880. The first-order valence-electron chi connectivity index (χ1n) is 6.40. The number of hydrogen-bond acceptors (Lipinski definition) is 4. The van der Waals surface area contributed by atoms with E-state index in [1.165, 1.54) is 5.56 Å². The molecule has 0 spiro atoms. The molecule has 2 aromatic rings. The van der Waals surface area contributed by atoms with E-state index in [0.29, 0.717) is 6.54 Å². The van der Waals surface area contributed by atoms with Crippen molar-refractivity contribution in [1.29, 1.82) is 0 Å². The number of rotatable bonds is 6. The third kappa shape index (κ3) is 3.61. The van der Waals surface area contributed by atoms with E-state index in [-0.39, 0.29) is 6.04 Å². The van der Waals surface area contributed by atoms with Gasteiger partial charge in [0.25, 0.3) is 0 Å². The number of likely N-dealkylation sites (N-methyl/N-ethyl adjacent to an activating group) is 1. The van der Waals surface area contributed by atoms with Gasteiger partial charge < -0.3 is 10.5 Å². The van der Waals surface area contributed by atoms with Crippen LogP contribution in [-0.4, -0.2) is 25.6 Å². The second-order valence-corrected chi connectivity index (χ2v) is 6.32. The van der Waals surface area contributed by atoms with Gasteiger partial charge in [0.2, 0.25) is 0 Å². The smallest absolute Gasteiger partial charge is 0.119 e. The fourth-order valence-electron chi connectivity index (χ4n) is 2.23. The quantitative estimate of drug-likeness (QED) is 0.860. The first-order chi connectivity index (χ1) is 9.65. The van der Waals surface area contributed by atoms with Gasteiger partial charge in [-0.1, -0.05) is 15.9 Å². The molecule has 0 radical (unpaired) electrons. The minimum absolute atomic E-state index is 0.152. The average Bonchev–Trinajstić information content (AvgIpc) is 2.94. The standard InChI is InChI=1S/C15H19BrN2OS/c1-18(9-11-5-6-20-10-11)15(8-17)13-7-12(19-2)3-4-14(13)16/h3-7,10,15H,8-9,17H2,1-2H3. The Morgan fingerprint density at radius 1 is 1.40 bits per heavy atom. The van der Waals surface area contributed by atoms with Gasteiger partial charge in [-0.25, -0.2) is 0 Å². The first kappa shape index (κ1) is 15.5. The van der Waals surface area contributed by atoms with Crippen molar-refractivity contribution in [2.45, 2.75) is 12.6 Å². The fraction of sp³-hybridized carbons (Fsp3) is 0.333. The van der Waals surface area contributed by atoms with Crippen molar-refractivity contribution in [2.24, 2.45) is 5.73 Å². The summed E-state index contributed by atoms with van der Waals surface area (Å²) < 4.78 is 6.37. The van der Waals surface area contributed by atoms with Crippen molar-refractivity contribution in [1.82, 2.24) is 4.90 Å². The molecule has 3 nitrogen and oxygen atoms in total. The van der Waals surface area contributed by atoms with E-state index in [2.05, 4.69) is 44.7 Å². The summed E-state index contributed by atoms with van der Waals surface area (Å²) in [6, 6.07) is 8.30. The Kier molecular flexibility index (Phi) is 5.60. The molecule has 1 unspecified atom stereocenters. The molecule has 1 atom stereocenters. The number of thiophene rings is 1. The topological polar surface area (TPSA) is 38.5 Å². The van der Waals surface area contributed by atoms with Gasteiger partial charge in [0.15, 0.2) is 0 Å². The molecular formula is C15H19BrN2OS. The first-order valence-corrected chi connectivity index (χ1v) is 8.14. The summed E-state index contributed by atoms with van der Waals surface area (Å²) in [5, 5.41) is 4.27. The molecule has 0 saturated carbocycles. The summed E-state index contributed by atoms with van der Waals surface area (Å²) in [5.74, 6) is 0.852. The normalized spacial score (nSPS) is 12.7. The van der Waals surface area contributed by atoms with Gasteiger partial charge in [-0.05, 0) is 53.2 Å². The molecule has 108 valence electrons. The number of hydrogen-bond donors (Lipinski definition) is 1. The summed E-state index contributed by atoms with van der Waals surface area (Å²) in [6.45, 7) is 1.45. The van der Waals surface area contributed by atoms with Crippen LogP contribution < -0.4 is 10.5 Å². The van der Waals surface area contributed by atoms with Crippen LogP contribution >= 0.6 is 27.3 Å². The largest absolute Gasteiger partial charge is 0.497 e. The molecule has 2 rings (SSSR count). The number of halogens is 1. The van der Waals surface area contributed by atoms with Gasteiger partial charge in [0.05, 0.1) is 7.11 Å². The Labute approximate surface area is 132 Å². The summed E-state index contributed by atoms with van der Waals surface area (Å²) >= 11 is 5.33. The Balaban J connectivity index is 2.22. The van der Waals surface area contributed by atoms with Gasteiger partial charge in [-0.3, -0.25) is 4.90 Å². The van der Waals surface area contributed by atoms with Gasteiger partial charge in [0.1, 0.15) is 5.75 Å². The van der Waals surface area contributed by atoms with E-state index in [1.54, 1.807) is 18.4 Å². The molecule has 5 heteroatoms. The van der Waals surface area contributed by atoms with Crippen LogP contribution in [0.25, 0.3) is 0 Å². The minimum Gasteiger partial charge on any atom is -0.497 e. The maximum atomic E-state index is 5.99. The van der Waals surface area contributed by atoms with Crippen LogP contribution in [0, 0.1) is 0 Å². The van der Waals surface area contributed by atoms with E-state index >= 15 is 0 Å². The lowest BCUT2D eigenvalue weighted by Crippen LogP contribution is -2.30. The van der Waals surface area contributed by atoms with Crippen molar-refractivity contribution in [3.63, 3.8) is 0 Å². The van der Waals surface area contributed by atoms with Gasteiger partial charge >= 0.3 is 0 Å². The van der Waals surface area contributed by atoms with Gasteiger partial charge in [-0.15, -0.1) is 0 Å². The van der Waals surface area contributed by atoms with Crippen LogP contribution in [0.5, 0.6) is 5.75 Å². The van der Waals surface area contributed by atoms with E-state index < -0.39 is 0 Å². The molecule has 1 aromatic carbocycles. The highest BCUT2D eigenvalue weighted by Gasteiger charge is 2.19. The molecule has 1 aromatic heterocycles. The monoisotopic (exact) mass is 354 g/mol. The highest BCUT2D eigenvalue weighted by molar-refractivity contribution is 9.10. The maximum absolute atomic E-state index is 5.99. The highest BCUT2D eigenvalue weighted by atomic mass is 79.9. The second-order valence-electron chi connectivity index (χ2n) is 4.69. The molecule has 0 fully saturated rings. The van der Waals surface area contributed by atoms with Crippen molar-refractivity contribution in [2.75, 3.05) is 20.7 Å². The summed E-state index contributed by atoms with van der Waals surface area (Å²) in [7, 11) is 3.78. The van der Waals surface area contributed by atoms with Crippen LogP contribution in [0.15, 0.2) is 39.5 Å². The lowest BCUT2D eigenvalue weighted by Gasteiger charge is -2.28. The molecule has 0 saturated heterocycles. The van der Waals surface area contributed by atoms with Crippen LogP contribution in [0.4, 0.5) is 0 Å². The number of methoxy groups -OCH3 is 1. The summed E-state index contributed by atoms with van der Waals surface area (Å²) in [6.07, 6.45) is 0. The molecule has 1 heterocycles. The zero-order chi connectivity index (χ0) is 14.5. The Bertz CT molecular complexity index is 545. The van der Waals surface area contributed by atoms with Crippen molar-refractivity contribution in [3.05, 3.63) is 50.6 Å². The summed E-state index contributed by atoms with van der Waals surface area (Å²) in [5.41, 5.74) is 8.47. The predicted octanol–water partition coefficient (Wildman–Crippen LogP) is 3.65. The molecule has 0 bridgehead atoms. The van der Waals surface area contributed by atoms with Crippen LogP contribution in [0.3, 0.4) is 0 Å². The third-order valence-electron chi connectivity index (χ3n) is 3.33. The van der Waals surface area contributed by atoms with Crippen LogP contribution in [0.1, 0.15) is 17.2 Å². The van der Waals surface area contributed by atoms with Gasteiger partial charge in [0, 0.05) is 23.6 Å². The zero-order valence-corrected chi connectivity index (χ0v) is 14.1. The average molecular weight is 355 g/mol. The van der Waals surface area contributed by atoms with E-state index in [0.717, 1.165) is 22.3 Å². The molecule has 0 aliphatic heterocycles. The third-order valence-corrected chi connectivity index (χ3v) is 4.78. The molecule has 0 aliphatic rings. The maximum Gasteiger partial charge on any atom is 0.119 e. The number of benzene rings is 1. The van der Waals surface area contributed by atoms with Crippen molar-refractivity contribution < 1.29 is 4.74 Å². The van der Waals surface area contributed by atoms with E-state index in [1.807, 2.05) is 18.2 Å². The number of ether oxygens (including phenoxy) is 1. The summed E-state index contributed by atoms with van der Waals surface area (Å²) in [4.78, 5) is 2.27. The lowest BCUT2D eigenvalue weighted by atomic mass is 10.0. The van der Waals surface area contributed by atoms with Crippen molar-refractivity contribution >= 4 is 27.3 Å². The predicted molar refractivity (Wildman–Crippen MR) is 88.3 cm³/mol.